The first kappa shape index (κ1) is 18.2. The van der Waals surface area contributed by atoms with Crippen LogP contribution in [0.3, 0.4) is 0 Å². The number of hydrogen-bond donors (Lipinski definition) is 2. The van der Waals surface area contributed by atoms with Gasteiger partial charge >= 0.3 is 5.97 Å². The van der Waals surface area contributed by atoms with E-state index >= 15 is 0 Å². The van der Waals surface area contributed by atoms with Crippen molar-refractivity contribution < 1.29 is 14.7 Å². The summed E-state index contributed by atoms with van der Waals surface area (Å²) in [5.41, 5.74) is 0.591. The zero-order chi connectivity index (χ0) is 16.8. The molecule has 0 unspecified atom stereocenters. The molecule has 122 valence electrons. The molecular weight excluding hydrogens is 278 g/mol. The Hall–Kier alpha value is -1.84. The van der Waals surface area contributed by atoms with Crippen LogP contribution in [-0.2, 0) is 15.0 Å². The number of rotatable bonds is 8. The van der Waals surface area contributed by atoms with Crippen LogP contribution in [0.2, 0.25) is 0 Å². The van der Waals surface area contributed by atoms with E-state index < -0.39 is 11.4 Å². The highest BCUT2D eigenvalue weighted by Crippen LogP contribution is 2.36. The molecule has 1 rings (SSSR count). The fraction of sp³-hybridized carbons (Fsp3) is 0.556. The molecule has 0 atom stereocenters. The summed E-state index contributed by atoms with van der Waals surface area (Å²) in [6.45, 7) is 8.55. The Morgan fingerprint density at radius 1 is 1.09 bits per heavy atom. The van der Waals surface area contributed by atoms with Gasteiger partial charge in [-0.1, -0.05) is 58.0 Å². The van der Waals surface area contributed by atoms with Crippen molar-refractivity contribution in [2.24, 2.45) is 5.41 Å². The van der Waals surface area contributed by atoms with E-state index in [4.69, 9.17) is 5.11 Å². The molecule has 0 radical (unpaired) electrons. The van der Waals surface area contributed by atoms with Crippen molar-refractivity contribution in [2.75, 3.05) is 6.54 Å². The van der Waals surface area contributed by atoms with Crippen LogP contribution in [0, 0.1) is 5.41 Å². The Morgan fingerprint density at radius 2 is 1.68 bits per heavy atom. The molecule has 0 bridgehead atoms. The Bertz CT molecular complexity index is 506. The molecular formula is C18H27NO3. The van der Waals surface area contributed by atoms with Crippen LogP contribution < -0.4 is 5.32 Å². The quantitative estimate of drug-likeness (QED) is 0.724. The molecule has 0 saturated heterocycles. The van der Waals surface area contributed by atoms with Crippen LogP contribution in [0.15, 0.2) is 30.3 Å². The van der Waals surface area contributed by atoms with E-state index in [2.05, 4.69) is 31.3 Å². The predicted molar refractivity (Wildman–Crippen MR) is 87.7 cm³/mol. The molecule has 0 aromatic heterocycles. The summed E-state index contributed by atoms with van der Waals surface area (Å²) in [6, 6.07) is 10.2. The van der Waals surface area contributed by atoms with Gasteiger partial charge in [0, 0.05) is 18.4 Å². The monoisotopic (exact) mass is 305 g/mol. The van der Waals surface area contributed by atoms with Crippen LogP contribution in [0.1, 0.15) is 52.5 Å². The molecule has 22 heavy (non-hydrogen) atoms. The number of carboxylic acids is 1. The molecule has 0 fully saturated rings. The minimum atomic E-state index is -0.835. The highest BCUT2D eigenvalue weighted by Gasteiger charge is 2.35. The third kappa shape index (κ3) is 5.51. The fourth-order valence-corrected chi connectivity index (χ4v) is 2.86. The molecule has 1 amide bonds. The van der Waals surface area contributed by atoms with Gasteiger partial charge in [0.15, 0.2) is 0 Å². The Labute approximate surface area is 132 Å². The summed E-state index contributed by atoms with van der Waals surface area (Å²) in [4.78, 5) is 22.8. The van der Waals surface area contributed by atoms with E-state index in [1.54, 1.807) is 0 Å². The van der Waals surface area contributed by atoms with Crippen molar-refractivity contribution in [1.29, 1.82) is 0 Å². The van der Waals surface area contributed by atoms with E-state index in [9.17, 15) is 9.59 Å². The average Bonchev–Trinajstić information content (AvgIpc) is 2.43. The summed E-state index contributed by atoms with van der Waals surface area (Å²) in [6.07, 6.45) is 1.25. The second-order valence-corrected chi connectivity index (χ2v) is 7.06. The second-order valence-electron chi connectivity index (χ2n) is 7.06. The lowest BCUT2D eigenvalue weighted by Gasteiger charge is -2.34. The number of carbonyl (C=O) groups excluding carboxylic acids is 1. The zero-order valence-electron chi connectivity index (χ0n) is 14.0. The Kier molecular flexibility index (Phi) is 6.15. The Balaban J connectivity index is 2.61. The number of carboxylic acid groups (broad SMARTS) is 1. The highest BCUT2D eigenvalue weighted by molar-refractivity contribution is 5.82. The van der Waals surface area contributed by atoms with Crippen molar-refractivity contribution in [2.45, 2.75) is 52.4 Å². The first-order valence-electron chi connectivity index (χ1n) is 7.71. The first-order valence-corrected chi connectivity index (χ1v) is 7.71. The van der Waals surface area contributed by atoms with Crippen molar-refractivity contribution in [3.63, 3.8) is 0 Å². The van der Waals surface area contributed by atoms with Gasteiger partial charge in [0.2, 0.25) is 5.91 Å². The second kappa shape index (κ2) is 7.43. The van der Waals surface area contributed by atoms with Crippen LogP contribution in [0.5, 0.6) is 0 Å². The molecule has 0 aliphatic heterocycles. The number of nitrogens with one attached hydrogen (secondary N) is 1. The lowest BCUT2D eigenvalue weighted by atomic mass is 9.71. The van der Waals surface area contributed by atoms with E-state index in [1.165, 1.54) is 5.56 Å². The summed E-state index contributed by atoms with van der Waals surface area (Å²) < 4.78 is 0. The maximum absolute atomic E-state index is 12.4. The van der Waals surface area contributed by atoms with Gasteiger partial charge in [-0.3, -0.25) is 9.59 Å². The standard InChI is InChI=1S/C18H27NO3/c1-17(2,14-9-6-5-7-10-14)13-18(3,4)16(22)19-12-8-11-15(20)21/h5-7,9-10H,8,11-13H2,1-4H3,(H,19,22)(H,20,21). The summed E-state index contributed by atoms with van der Waals surface area (Å²) >= 11 is 0. The minimum absolute atomic E-state index is 0.0260. The van der Waals surface area contributed by atoms with Gasteiger partial charge in [-0.25, -0.2) is 0 Å². The summed E-state index contributed by atoms with van der Waals surface area (Å²) in [5.74, 6) is -0.861. The van der Waals surface area contributed by atoms with Crippen LogP contribution in [0.4, 0.5) is 0 Å². The van der Waals surface area contributed by atoms with Gasteiger partial charge in [-0.05, 0) is 23.8 Å². The van der Waals surface area contributed by atoms with Crippen LogP contribution in [-0.4, -0.2) is 23.5 Å². The minimum Gasteiger partial charge on any atom is -0.481 e. The fourth-order valence-electron chi connectivity index (χ4n) is 2.86. The number of benzene rings is 1. The number of hydrogen-bond acceptors (Lipinski definition) is 2. The topological polar surface area (TPSA) is 66.4 Å². The molecule has 0 aliphatic rings. The van der Waals surface area contributed by atoms with Crippen molar-refractivity contribution >= 4 is 11.9 Å². The lowest BCUT2D eigenvalue weighted by Crippen LogP contribution is -2.41. The van der Waals surface area contributed by atoms with E-state index in [-0.39, 0.29) is 17.7 Å². The number of aliphatic carboxylic acids is 1. The van der Waals surface area contributed by atoms with Gasteiger partial charge in [0.25, 0.3) is 0 Å². The smallest absolute Gasteiger partial charge is 0.303 e. The predicted octanol–water partition coefficient (Wildman–Crippen LogP) is 3.36. The Morgan fingerprint density at radius 3 is 2.23 bits per heavy atom. The molecule has 4 nitrogen and oxygen atoms in total. The van der Waals surface area contributed by atoms with Gasteiger partial charge in [-0.2, -0.15) is 0 Å². The molecule has 1 aromatic carbocycles. The van der Waals surface area contributed by atoms with E-state index in [0.29, 0.717) is 13.0 Å². The van der Waals surface area contributed by atoms with E-state index in [0.717, 1.165) is 6.42 Å². The third-order valence-electron chi connectivity index (χ3n) is 3.91. The third-order valence-corrected chi connectivity index (χ3v) is 3.91. The zero-order valence-corrected chi connectivity index (χ0v) is 14.0. The van der Waals surface area contributed by atoms with Crippen LogP contribution in [0.25, 0.3) is 0 Å². The summed E-state index contributed by atoms with van der Waals surface area (Å²) in [7, 11) is 0. The lowest BCUT2D eigenvalue weighted by molar-refractivity contribution is -0.137. The molecule has 0 spiro atoms. The largest absolute Gasteiger partial charge is 0.481 e. The average molecular weight is 305 g/mol. The maximum atomic E-state index is 12.4. The molecule has 1 aromatic rings. The SMILES string of the molecule is CC(C)(CC(C)(C)c1ccccc1)C(=O)NCCCC(=O)O. The first-order chi connectivity index (χ1) is 10.1. The highest BCUT2D eigenvalue weighted by atomic mass is 16.4. The normalized spacial score (nSPS) is 12.0. The summed E-state index contributed by atoms with van der Waals surface area (Å²) in [5, 5.41) is 11.5. The van der Waals surface area contributed by atoms with Gasteiger partial charge in [0.05, 0.1) is 0 Å². The van der Waals surface area contributed by atoms with Gasteiger partial charge in [0.1, 0.15) is 0 Å². The molecule has 2 N–H and O–H groups in total. The maximum Gasteiger partial charge on any atom is 0.303 e. The van der Waals surface area contributed by atoms with Gasteiger partial charge in [-0.15, -0.1) is 0 Å². The van der Waals surface area contributed by atoms with E-state index in [1.807, 2.05) is 32.0 Å². The molecule has 0 heterocycles. The van der Waals surface area contributed by atoms with Crippen LogP contribution >= 0.6 is 0 Å². The van der Waals surface area contributed by atoms with Gasteiger partial charge < -0.3 is 10.4 Å². The van der Waals surface area contributed by atoms with Crippen molar-refractivity contribution in [3.8, 4) is 0 Å². The molecule has 0 aliphatic carbocycles. The number of carbonyl (C=O) groups is 2. The number of amides is 1. The van der Waals surface area contributed by atoms with Crippen molar-refractivity contribution in [1.82, 2.24) is 5.32 Å². The molecule has 4 heteroatoms. The van der Waals surface area contributed by atoms with Crippen molar-refractivity contribution in [3.05, 3.63) is 35.9 Å². The molecule has 0 saturated carbocycles.